The minimum Gasteiger partial charge on any atom is -0.457 e. The van der Waals surface area contributed by atoms with Gasteiger partial charge in [0.2, 0.25) is 0 Å². The number of ether oxygens (including phenoxy) is 1. The molecule has 0 radical (unpaired) electrons. The largest absolute Gasteiger partial charge is 0.457 e. The van der Waals surface area contributed by atoms with Gasteiger partial charge in [-0.1, -0.05) is 43.8 Å². The van der Waals surface area contributed by atoms with Gasteiger partial charge in [-0.05, 0) is 19.1 Å². The van der Waals surface area contributed by atoms with E-state index in [1.807, 2.05) is 48.5 Å². The first-order chi connectivity index (χ1) is 8.27. The van der Waals surface area contributed by atoms with E-state index in [-0.39, 0.29) is 19.1 Å². The van der Waals surface area contributed by atoms with E-state index in [1.165, 1.54) is 0 Å². The molecule has 1 heterocycles. The second kappa shape index (κ2) is 4.65. The number of fused-ring (bicyclic) bond motifs is 2. The molecule has 0 spiro atoms. The quantitative estimate of drug-likeness (QED) is 0.748. The van der Waals surface area contributed by atoms with Crippen LogP contribution < -0.4 is 4.74 Å². The van der Waals surface area contributed by atoms with E-state index in [4.69, 9.17) is 4.74 Å². The Labute approximate surface area is 107 Å². The summed E-state index contributed by atoms with van der Waals surface area (Å²) in [5.41, 5.74) is 1.91. The highest BCUT2D eigenvalue weighted by molar-refractivity contribution is 5.89. The maximum Gasteiger partial charge on any atom is 0.141 e. The number of hydrogen-bond acceptors (Lipinski definition) is 2. The van der Waals surface area contributed by atoms with Crippen LogP contribution in [0, 0.1) is 0 Å². The van der Waals surface area contributed by atoms with Gasteiger partial charge in [0.05, 0.1) is 5.92 Å². The molecule has 0 bridgehead atoms. The van der Waals surface area contributed by atoms with Gasteiger partial charge < -0.3 is 4.74 Å². The van der Waals surface area contributed by atoms with Crippen molar-refractivity contribution in [1.29, 1.82) is 0 Å². The third-order valence-electron chi connectivity index (χ3n) is 3.09. The fourth-order valence-corrected chi connectivity index (χ4v) is 2.35. The molecule has 0 unspecified atom stereocenters. The highest BCUT2D eigenvalue weighted by atomic mass is 16.5. The lowest BCUT2D eigenvalue weighted by Gasteiger charge is -2.26. The van der Waals surface area contributed by atoms with Crippen LogP contribution in [0.2, 0.25) is 0 Å². The number of carbonyl (C=O) groups excluding carboxylic acids is 1. The molecule has 92 valence electrons. The van der Waals surface area contributed by atoms with Gasteiger partial charge in [0.15, 0.2) is 0 Å². The van der Waals surface area contributed by atoms with Crippen LogP contribution in [0.3, 0.4) is 0 Å². The van der Waals surface area contributed by atoms with Crippen LogP contribution in [-0.4, -0.2) is 5.78 Å². The molecule has 0 aliphatic carbocycles. The van der Waals surface area contributed by atoms with E-state index in [2.05, 4.69) is 0 Å². The number of para-hydroxylation sites is 2. The Kier molecular flexibility index (Phi) is 3.19. The fraction of sp³-hybridized carbons (Fsp3) is 0.188. The number of rotatable bonds is 1. The molecule has 2 nitrogen and oxygen atoms in total. The van der Waals surface area contributed by atoms with Crippen molar-refractivity contribution in [3.63, 3.8) is 0 Å². The van der Waals surface area contributed by atoms with Gasteiger partial charge >= 0.3 is 0 Å². The number of ketones is 1. The third kappa shape index (κ3) is 1.80. The van der Waals surface area contributed by atoms with Crippen molar-refractivity contribution in [3.8, 4) is 11.5 Å². The van der Waals surface area contributed by atoms with Gasteiger partial charge in [0.1, 0.15) is 17.3 Å². The van der Waals surface area contributed by atoms with E-state index in [0.29, 0.717) is 0 Å². The summed E-state index contributed by atoms with van der Waals surface area (Å²) in [6, 6.07) is 15.4. The monoisotopic (exact) mass is 240 g/mol. The second-order valence-corrected chi connectivity index (χ2v) is 4.22. The molecule has 0 atom stereocenters. The van der Waals surface area contributed by atoms with Crippen molar-refractivity contribution in [2.75, 3.05) is 0 Å². The van der Waals surface area contributed by atoms with Gasteiger partial charge in [-0.15, -0.1) is 0 Å². The van der Waals surface area contributed by atoms with Crippen LogP contribution in [0.25, 0.3) is 0 Å². The van der Waals surface area contributed by atoms with Crippen molar-refractivity contribution >= 4 is 5.78 Å². The first-order valence-electron chi connectivity index (χ1n) is 5.63. The molecular weight excluding hydrogens is 224 g/mol. The Bertz CT molecular complexity index is 542. The van der Waals surface area contributed by atoms with Crippen molar-refractivity contribution in [1.82, 2.24) is 0 Å². The minimum absolute atomic E-state index is 0. The number of Topliss-reactive ketones (excluding diaryl/α,β-unsaturated/α-hetero) is 1. The first-order valence-corrected chi connectivity index (χ1v) is 5.63. The zero-order valence-corrected chi connectivity index (χ0v) is 9.51. The number of hydrogen-bond donors (Lipinski definition) is 0. The lowest BCUT2D eigenvalue weighted by molar-refractivity contribution is -0.117. The maximum absolute atomic E-state index is 11.9. The number of carbonyl (C=O) groups is 1. The molecule has 2 heteroatoms. The van der Waals surface area contributed by atoms with Crippen molar-refractivity contribution < 1.29 is 9.53 Å². The summed E-state index contributed by atoms with van der Waals surface area (Å²) < 4.78 is 5.81. The topological polar surface area (TPSA) is 26.3 Å². The molecule has 2 aromatic carbocycles. The molecule has 0 fully saturated rings. The summed E-state index contributed by atoms with van der Waals surface area (Å²) in [6.45, 7) is 1.63. The standard InChI is InChI=1S/C15H12O2.CH4/c1-10(16)15-11-6-2-4-8-13(11)17-14-9-5-3-7-12(14)15;/h2-9,15H,1H3;1H4. The first kappa shape index (κ1) is 12.4. The summed E-state index contributed by atoms with van der Waals surface area (Å²) in [5, 5.41) is 0. The van der Waals surface area contributed by atoms with Crippen molar-refractivity contribution in [2.24, 2.45) is 0 Å². The van der Waals surface area contributed by atoms with E-state index in [1.54, 1.807) is 6.92 Å². The van der Waals surface area contributed by atoms with Gasteiger partial charge in [-0.3, -0.25) is 4.79 Å². The molecule has 1 aliphatic rings. The highest BCUT2D eigenvalue weighted by Crippen LogP contribution is 2.43. The van der Waals surface area contributed by atoms with E-state index >= 15 is 0 Å². The Morgan fingerprint density at radius 3 is 1.83 bits per heavy atom. The van der Waals surface area contributed by atoms with E-state index in [9.17, 15) is 4.79 Å². The molecule has 0 N–H and O–H groups in total. The summed E-state index contributed by atoms with van der Waals surface area (Å²) in [5.74, 6) is 1.52. The summed E-state index contributed by atoms with van der Waals surface area (Å²) in [4.78, 5) is 11.9. The zero-order chi connectivity index (χ0) is 11.8. The van der Waals surface area contributed by atoms with E-state index in [0.717, 1.165) is 22.6 Å². The van der Waals surface area contributed by atoms with Crippen molar-refractivity contribution in [3.05, 3.63) is 59.7 Å². The van der Waals surface area contributed by atoms with E-state index < -0.39 is 0 Å². The molecule has 0 amide bonds. The van der Waals surface area contributed by atoms with Crippen LogP contribution in [0.1, 0.15) is 31.4 Å². The van der Waals surface area contributed by atoms with Gasteiger partial charge in [-0.2, -0.15) is 0 Å². The van der Waals surface area contributed by atoms with Crippen LogP contribution >= 0.6 is 0 Å². The fourth-order valence-electron chi connectivity index (χ4n) is 2.35. The zero-order valence-electron chi connectivity index (χ0n) is 9.51. The Hall–Kier alpha value is -2.09. The third-order valence-corrected chi connectivity index (χ3v) is 3.09. The van der Waals surface area contributed by atoms with Gasteiger partial charge in [-0.25, -0.2) is 0 Å². The molecule has 18 heavy (non-hydrogen) atoms. The lowest BCUT2D eigenvalue weighted by Crippen LogP contribution is -2.16. The van der Waals surface area contributed by atoms with Crippen LogP contribution in [-0.2, 0) is 4.79 Å². The lowest BCUT2D eigenvalue weighted by atomic mass is 9.85. The second-order valence-electron chi connectivity index (χ2n) is 4.22. The SMILES string of the molecule is C.CC(=O)C1c2ccccc2Oc2ccccc21. The van der Waals surface area contributed by atoms with Gasteiger partial charge in [0, 0.05) is 11.1 Å². The van der Waals surface area contributed by atoms with Gasteiger partial charge in [0.25, 0.3) is 0 Å². The van der Waals surface area contributed by atoms with Crippen LogP contribution in [0.5, 0.6) is 11.5 Å². The molecule has 2 aromatic rings. The molecule has 0 saturated carbocycles. The maximum atomic E-state index is 11.9. The molecule has 3 rings (SSSR count). The van der Waals surface area contributed by atoms with Crippen LogP contribution in [0.4, 0.5) is 0 Å². The molecular formula is C16H16O2. The Morgan fingerprint density at radius 1 is 0.944 bits per heavy atom. The minimum atomic E-state index is -0.198. The molecule has 1 aliphatic heterocycles. The summed E-state index contributed by atoms with van der Waals surface area (Å²) in [7, 11) is 0. The Balaban J connectivity index is 0.00000120. The molecule has 0 aromatic heterocycles. The smallest absolute Gasteiger partial charge is 0.141 e. The predicted molar refractivity (Wildman–Crippen MR) is 72.2 cm³/mol. The summed E-state index contributed by atoms with van der Waals surface area (Å²) >= 11 is 0. The summed E-state index contributed by atoms with van der Waals surface area (Å²) in [6.07, 6.45) is 0. The number of benzene rings is 2. The average molecular weight is 240 g/mol. The van der Waals surface area contributed by atoms with Crippen molar-refractivity contribution in [2.45, 2.75) is 20.3 Å². The molecule has 0 saturated heterocycles. The van der Waals surface area contributed by atoms with Crippen LogP contribution in [0.15, 0.2) is 48.5 Å². The highest BCUT2D eigenvalue weighted by Gasteiger charge is 2.29. The normalized spacial score (nSPS) is 12.7. The average Bonchev–Trinajstić information content (AvgIpc) is 2.35. The Morgan fingerprint density at radius 2 is 1.39 bits per heavy atom. The predicted octanol–water partition coefficient (Wildman–Crippen LogP) is 4.15.